The van der Waals surface area contributed by atoms with Crippen molar-refractivity contribution in [2.45, 2.75) is 20.4 Å². The largest absolute Gasteiger partial charge is 0.459 e. The highest BCUT2D eigenvalue weighted by Gasteiger charge is 2.20. The summed E-state index contributed by atoms with van der Waals surface area (Å²) < 4.78 is 10.8. The average molecular weight is 264 g/mol. The number of hydrogen-bond donors (Lipinski definition) is 1. The molecule has 0 unspecified atom stereocenters. The zero-order chi connectivity index (χ0) is 13.9. The summed E-state index contributed by atoms with van der Waals surface area (Å²) in [6.07, 6.45) is 1.58. The Kier molecular flexibility index (Phi) is 4.01. The summed E-state index contributed by atoms with van der Waals surface area (Å²) in [6.45, 7) is 6.36. The van der Waals surface area contributed by atoms with E-state index in [1.165, 1.54) is 0 Å². The van der Waals surface area contributed by atoms with Gasteiger partial charge in [-0.2, -0.15) is 0 Å². The molecule has 6 nitrogen and oxygen atoms in total. The van der Waals surface area contributed by atoms with Gasteiger partial charge in [-0.3, -0.25) is 4.90 Å². The van der Waals surface area contributed by atoms with Crippen LogP contribution in [0.15, 0.2) is 27.2 Å². The molecule has 0 fully saturated rings. The minimum Gasteiger partial charge on any atom is -0.459 e. The van der Waals surface area contributed by atoms with Crippen molar-refractivity contribution in [3.8, 4) is 11.7 Å². The fourth-order valence-electron chi connectivity index (χ4n) is 1.90. The van der Waals surface area contributed by atoms with Crippen LogP contribution in [0.3, 0.4) is 0 Å². The summed E-state index contributed by atoms with van der Waals surface area (Å²) in [5, 5.41) is 7.98. The van der Waals surface area contributed by atoms with E-state index < -0.39 is 0 Å². The van der Waals surface area contributed by atoms with Gasteiger partial charge in [0.05, 0.1) is 12.8 Å². The van der Waals surface area contributed by atoms with Gasteiger partial charge in [-0.25, -0.2) is 0 Å². The topological polar surface area (TPSA) is 81.3 Å². The van der Waals surface area contributed by atoms with Crippen molar-refractivity contribution in [1.29, 1.82) is 0 Å². The average Bonchev–Trinajstić information content (AvgIpc) is 2.97. The van der Waals surface area contributed by atoms with Crippen molar-refractivity contribution in [3.63, 3.8) is 0 Å². The molecular weight excluding hydrogens is 244 g/mol. The molecule has 0 spiro atoms. The summed E-state index contributed by atoms with van der Waals surface area (Å²) in [5.41, 5.74) is 5.79. The van der Waals surface area contributed by atoms with Crippen LogP contribution in [-0.2, 0) is 6.54 Å². The van der Waals surface area contributed by atoms with Crippen molar-refractivity contribution in [3.05, 3.63) is 24.3 Å². The van der Waals surface area contributed by atoms with Crippen LogP contribution >= 0.6 is 0 Å². The van der Waals surface area contributed by atoms with Crippen LogP contribution in [0.25, 0.3) is 11.7 Å². The van der Waals surface area contributed by atoms with Gasteiger partial charge in [0.2, 0.25) is 5.89 Å². The quantitative estimate of drug-likeness (QED) is 0.856. The third-order valence-corrected chi connectivity index (χ3v) is 2.85. The molecule has 0 bridgehead atoms. The molecule has 0 atom stereocenters. The number of nitrogens with zero attached hydrogens (tertiary/aromatic N) is 3. The van der Waals surface area contributed by atoms with E-state index in [1.807, 2.05) is 7.05 Å². The molecule has 0 aromatic carbocycles. The number of nitrogens with two attached hydrogens (primary N) is 1. The van der Waals surface area contributed by atoms with E-state index in [-0.39, 0.29) is 5.41 Å². The smallest absolute Gasteiger partial charge is 0.283 e. The lowest BCUT2D eigenvalue weighted by atomic mass is 9.93. The first-order chi connectivity index (χ1) is 9.00. The maximum atomic E-state index is 5.73. The van der Waals surface area contributed by atoms with E-state index in [2.05, 4.69) is 28.9 Å². The van der Waals surface area contributed by atoms with E-state index in [0.717, 1.165) is 6.54 Å². The molecule has 6 heteroatoms. The summed E-state index contributed by atoms with van der Waals surface area (Å²) in [5.74, 6) is 1.57. The molecule has 0 amide bonds. The van der Waals surface area contributed by atoms with Gasteiger partial charge >= 0.3 is 0 Å². The first kappa shape index (κ1) is 13.8. The Bertz CT molecular complexity index is 504. The predicted octanol–water partition coefficient (Wildman–Crippen LogP) is 1.75. The Hall–Kier alpha value is -1.66. The summed E-state index contributed by atoms with van der Waals surface area (Å²) in [7, 11) is 2.01. The molecule has 0 radical (unpaired) electrons. The van der Waals surface area contributed by atoms with Crippen LogP contribution < -0.4 is 5.73 Å². The molecule has 0 saturated carbocycles. The van der Waals surface area contributed by atoms with Gasteiger partial charge in [0, 0.05) is 6.54 Å². The van der Waals surface area contributed by atoms with Crippen LogP contribution in [0.4, 0.5) is 0 Å². The van der Waals surface area contributed by atoms with Crippen LogP contribution in [0.2, 0.25) is 0 Å². The van der Waals surface area contributed by atoms with Crippen molar-refractivity contribution >= 4 is 0 Å². The third-order valence-electron chi connectivity index (χ3n) is 2.85. The second-order valence-corrected chi connectivity index (χ2v) is 5.52. The second kappa shape index (κ2) is 5.54. The Labute approximate surface area is 112 Å². The molecule has 104 valence electrons. The summed E-state index contributed by atoms with van der Waals surface area (Å²) in [6, 6.07) is 3.58. The van der Waals surface area contributed by atoms with Gasteiger partial charge in [0.1, 0.15) is 0 Å². The predicted molar refractivity (Wildman–Crippen MR) is 71.2 cm³/mol. The summed E-state index contributed by atoms with van der Waals surface area (Å²) in [4.78, 5) is 2.12. The zero-order valence-corrected chi connectivity index (χ0v) is 11.6. The molecule has 2 aromatic heterocycles. The van der Waals surface area contributed by atoms with Gasteiger partial charge in [0.25, 0.3) is 5.89 Å². The monoisotopic (exact) mass is 264 g/mol. The molecule has 0 aliphatic carbocycles. The van der Waals surface area contributed by atoms with Crippen LogP contribution in [0.5, 0.6) is 0 Å². The van der Waals surface area contributed by atoms with Crippen LogP contribution in [-0.4, -0.2) is 35.2 Å². The highest BCUT2D eigenvalue weighted by molar-refractivity contribution is 5.42. The maximum Gasteiger partial charge on any atom is 0.283 e. The van der Waals surface area contributed by atoms with E-state index in [1.54, 1.807) is 18.4 Å². The molecule has 2 rings (SSSR count). The number of aromatic nitrogens is 2. The van der Waals surface area contributed by atoms with Gasteiger partial charge in [-0.05, 0) is 31.1 Å². The molecule has 0 saturated heterocycles. The Balaban J connectivity index is 1.97. The number of rotatable bonds is 6. The van der Waals surface area contributed by atoms with E-state index >= 15 is 0 Å². The molecular formula is C13H20N4O2. The normalized spacial score (nSPS) is 12.3. The van der Waals surface area contributed by atoms with Crippen molar-refractivity contribution in [1.82, 2.24) is 15.1 Å². The highest BCUT2D eigenvalue weighted by Crippen LogP contribution is 2.19. The molecule has 2 heterocycles. The highest BCUT2D eigenvalue weighted by atomic mass is 16.4. The lowest BCUT2D eigenvalue weighted by Gasteiger charge is -2.27. The van der Waals surface area contributed by atoms with Crippen molar-refractivity contribution < 1.29 is 8.83 Å². The van der Waals surface area contributed by atoms with E-state index in [4.69, 9.17) is 14.6 Å². The lowest BCUT2D eigenvalue weighted by Crippen LogP contribution is -2.36. The molecule has 0 aliphatic rings. The molecule has 2 N–H and O–H groups in total. The minimum absolute atomic E-state index is 0.0681. The van der Waals surface area contributed by atoms with Gasteiger partial charge in [-0.1, -0.05) is 13.8 Å². The zero-order valence-electron chi connectivity index (χ0n) is 11.6. The fourth-order valence-corrected chi connectivity index (χ4v) is 1.90. The maximum absolute atomic E-state index is 5.73. The Morgan fingerprint density at radius 1 is 1.37 bits per heavy atom. The number of furan rings is 1. The van der Waals surface area contributed by atoms with Crippen LogP contribution in [0.1, 0.15) is 19.7 Å². The first-order valence-electron chi connectivity index (χ1n) is 6.25. The van der Waals surface area contributed by atoms with Gasteiger partial charge < -0.3 is 14.6 Å². The Morgan fingerprint density at radius 2 is 2.16 bits per heavy atom. The van der Waals surface area contributed by atoms with Crippen LogP contribution in [0, 0.1) is 5.41 Å². The third kappa shape index (κ3) is 3.65. The minimum atomic E-state index is 0.0681. The molecule has 2 aromatic rings. The number of hydrogen-bond acceptors (Lipinski definition) is 6. The van der Waals surface area contributed by atoms with Gasteiger partial charge in [-0.15, -0.1) is 10.2 Å². The summed E-state index contributed by atoms with van der Waals surface area (Å²) >= 11 is 0. The SMILES string of the molecule is CN(Cc1nnc(-c2ccco2)o1)CC(C)(C)CN. The first-order valence-corrected chi connectivity index (χ1v) is 6.25. The molecule has 0 aliphatic heterocycles. The molecule has 19 heavy (non-hydrogen) atoms. The van der Waals surface area contributed by atoms with Crippen molar-refractivity contribution in [2.75, 3.05) is 20.1 Å². The standard InChI is InChI=1S/C13H20N4O2/c1-13(2,8-14)9-17(3)7-11-15-16-12(19-11)10-5-4-6-18-10/h4-6H,7-9,14H2,1-3H3. The van der Waals surface area contributed by atoms with E-state index in [9.17, 15) is 0 Å². The second-order valence-electron chi connectivity index (χ2n) is 5.52. The van der Waals surface area contributed by atoms with E-state index in [0.29, 0.717) is 30.6 Å². The van der Waals surface area contributed by atoms with Crippen molar-refractivity contribution in [2.24, 2.45) is 11.1 Å². The lowest BCUT2D eigenvalue weighted by molar-refractivity contribution is 0.196. The van der Waals surface area contributed by atoms with Gasteiger partial charge in [0.15, 0.2) is 5.76 Å². The fraction of sp³-hybridized carbons (Fsp3) is 0.538. The Morgan fingerprint density at radius 3 is 2.79 bits per heavy atom.